The van der Waals surface area contributed by atoms with Gasteiger partial charge in [-0.15, -0.1) is 0 Å². The Morgan fingerprint density at radius 1 is 1.67 bits per heavy atom. The summed E-state index contributed by atoms with van der Waals surface area (Å²) in [7, 11) is 0. The molecule has 15 heavy (non-hydrogen) atoms. The zero-order valence-corrected chi connectivity index (χ0v) is 8.40. The summed E-state index contributed by atoms with van der Waals surface area (Å²) in [5.74, 6) is -0.0655. The Labute approximate surface area is 87.4 Å². The summed E-state index contributed by atoms with van der Waals surface area (Å²) in [5.41, 5.74) is 0.728. The normalized spacial score (nSPS) is 18.1. The van der Waals surface area contributed by atoms with Gasteiger partial charge in [0, 0.05) is 11.6 Å². The van der Waals surface area contributed by atoms with Crippen molar-refractivity contribution in [3.8, 4) is 11.5 Å². The zero-order chi connectivity index (χ0) is 10.8. The third-order valence-electron chi connectivity index (χ3n) is 2.38. The fourth-order valence-electron chi connectivity index (χ4n) is 1.65. The Morgan fingerprint density at radius 2 is 2.47 bits per heavy atom. The summed E-state index contributed by atoms with van der Waals surface area (Å²) >= 11 is 0. The molecule has 1 atom stereocenters. The lowest BCUT2D eigenvalue weighted by atomic mass is 10.0. The fourth-order valence-corrected chi connectivity index (χ4v) is 1.65. The van der Waals surface area contributed by atoms with Crippen LogP contribution in [0.4, 0.5) is 0 Å². The summed E-state index contributed by atoms with van der Waals surface area (Å²) in [6, 6.07) is 5.26. The van der Waals surface area contributed by atoms with Gasteiger partial charge >= 0.3 is 5.97 Å². The SMILES string of the molecule is CCOc1ccc2c(c1)OCC2C(=O)O. The van der Waals surface area contributed by atoms with Gasteiger partial charge in [0.05, 0.1) is 6.61 Å². The molecule has 0 saturated carbocycles. The van der Waals surface area contributed by atoms with E-state index in [1.165, 1.54) is 0 Å². The van der Waals surface area contributed by atoms with E-state index in [1.807, 2.05) is 6.92 Å². The molecule has 1 heterocycles. The molecule has 2 rings (SSSR count). The van der Waals surface area contributed by atoms with Crippen LogP contribution in [0.1, 0.15) is 18.4 Å². The molecule has 1 aromatic carbocycles. The van der Waals surface area contributed by atoms with E-state index in [1.54, 1.807) is 18.2 Å². The number of benzene rings is 1. The molecule has 4 nitrogen and oxygen atoms in total. The second-order valence-corrected chi connectivity index (χ2v) is 3.33. The quantitative estimate of drug-likeness (QED) is 0.820. The molecule has 0 fully saturated rings. The minimum absolute atomic E-state index is 0.209. The van der Waals surface area contributed by atoms with E-state index in [0.717, 1.165) is 5.56 Å². The Bertz CT molecular complexity index is 386. The standard InChI is InChI=1S/C11H12O4/c1-2-14-7-3-4-8-9(11(12)13)6-15-10(8)5-7/h3-5,9H,2,6H2,1H3,(H,12,13). The number of aliphatic carboxylic acids is 1. The maximum absolute atomic E-state index is 10.9. The smallest absolute Gasteiger partial charge is 0.314 e. The highest BCUT2D eigenvalue weighted by atomic mass is 16.5. The lowest BCUT2D eigenvalue weighted by Gasteiger charge is -2.05. The van der Waals surface area contributed by atoms with Crippen LogP contribution in [0.5, 0.6) is 11.5 Å². The monoisotopic (exact) mass is 208 g/mol. The number of hydrogen-bond donors (Lipinski definition) is 1. The van der Waals surface area contributed by atoms with Gasteiger partial charge in [0.1, 0.15) is 24.0 Å². The molecule has 1 aliphatic heterocycles. The van der Waals surface area contributed by atoms with Gasteiger partial charge in [-0.05, 0) is 13.0 Å². The van der Waals surface area contributed by atoms with Gasteiger partial charge in [-0.25, -0.2) is 0 Å². The van der Waals surface area contributed by atoms with E-state index in [0.29, 0.717) is 18.1 Å². The van der Waals surface area contributed by atoms with Crippen molar-refractivity contribution in [1.29, 1.82) is 0 Å². The van der Waals surface area contributed by atoms with Crippen LogP contribution >= 0.6 is 0 Å². The van der Waals surface area contributed by atoms with E-state index in [2.05, 4.69) is 0 Å². The van der Waals surface area contributed by atoms with Crippen molar-refractivity contribution in [2.24, 2.45) is 0 Å². The van der Waals surface area contributed by atoms with Gasteiger partial charge in [0.25, 0.3) is 0 Å². The molecule has 80 valence electrons. The lowest BCUT2D eigenvalue weighted by Crippen LogP contribution is -2.12. The van der Waals surface area contributed by atoms with Crippen LogP contribution in [-0.2, 0) is 4.79 Å². The van der Waals surface area contributed by atoms with Gasteiger partial charge in [0.15, 0.2) is 0 Å². The van der Waals surface area contributed by atoms with Gasteiger partial charge in [0.2, 0.25) is 0 Å². The molecule has 0 amide bonds. The number of ether oxygens (including phenoxy) is 2. The van der Waals surface area contributed by atoms with Crippen molar-refractivity contribution in [1.82, 2.24) is 0 Å². The predicted molar refractivity (Wildman–Crippen MR) is 53.5 cm³/mol. The first-order chi connectivity index (χ1) is 7.22. The van der Waals surface area contributed by atoms with E-state index in [-0.39, 0.29) is 6.61 Å². The molecule has 1 N–H and O–H groups in total. The van der Waals surface area contributed by atoms with E-state index in [9.17, 15) is 4.79 Å². The zero-order valence-electron chi connectivity index (χ0n) is 8.40. The van der Waals surface area contributed by atoms with Crippen molar-refractivity contribution >= 4 is 5.97 Å². The molecule has 0 saturated heterocycles. The third-order valence-corrected chi connectivity index (χ3v) is 2.38. The Hall–Kier alpha value is -1.71. The molecule has 0 aliphatic carbocycles. The average molecular weight is 208 g/mol. The highest BCUT2D eigenvalue weighted by Crippen LogP contribution is 2.36. The molecule has 0 aromatic heterocycles. The molecule has 1 unspecified atom stereocenters. The van der Waals surface area contributed by atoms with Gasteiger partial charge in [-0.1, -0.05) is 6.07 Å². The summed E-state index contributed by atoms with van der Waals surface area (Å²) in [4.78, 5) is 10.9. The third kappa shape index (κ3) is 1.75. The van der Waals surface area contributed by atoms with Crippen LogP contribution in [-0.4, -0.2) is 24.3 Å². The molecule has 1 aliphatic rings. The van der Waals surface area contributed by atoms with Crippen LogP contribution in [0, 0.1) is 0 Å². The van der Waals surface area contributed by atoms with Crippen molar-refractivity contribution in [3.63, 3.8) is 0 Å². The first kappa shape index (κ1) is 9.83. The fraction of sp³-hybridized carbons (Fsp3) is 0.364. The average Bonchev–Trinajstić information content (AvgIpc) is 2.61. The van der Waals surface area contributed by atoms with Crippen LogP contribution in [0.3, 0.4) is 0 Å². The maximum atomic E-state index is 10.9. The van der Waals surface area contributed by atoms with Crippen molar-refractivity contribution in [2.75, 3.05) is 13.2 Å². The number of fused-ring (bicyclic) bond motifs is 1. The highest BCUT2D eigenvalue weighted by molar-refractivity contribution is 5.78. The Kier molecular flexibility index (Phi) is 2.49. The second-order valence-electron chi connectivity index (χ2n) is 3.33. The molecule has 0 spiro atoms. The summed E-state index contributed by atoms with van der Waals surface area (Å²) in [6.45, 7) is 2.69. The maximum Gasteiger partial charge on any atom is 0.314 e. The Morgan fingerprint density at radius 3 is 3.13 bits per heavy atom. The summed E-state index contributed by atoms with van der Waals surface area (Å²) < 4.78 is 10.6. The van der Waals surface area contributed by atoms with Crippen molar-refractivity contribution in [2.45, 2.75) is 12.8 Å². The first-order valence-electron chi connectivity index (χ1n) is 4.84. The number of carbonyl (C=O) groups is 1. The van der Waals surface area contributed by atoms with Gasteiger partial charge in [-0.3, -0.25) is 4.79 Å². The molecule has 4 heteroatoms. The molecule has 0 radical (unpaired) electrons. The van der Waals surface area contributed by atoms with Crippen LogP contribution < -0.4 is 9.47 Å². The lowest BCUT2D eigenvalue weighted by molar-refractivity contribution is -0.138. The topological polar surface area (TPSA) is 55.8 Å². The van der Waals surface area contributed by atoms with Crippen LogP contribution in [0.15, 0.2) is 18.2 Å². The van der Waals surface area contributed by atoms with Gasteiger partial charge < -0.3 is 14.6 Å². The molecule has 1 aromatic rings. The number of carboxylic acids is 1. The minimum atomic E-state index is -0.849. The first-order valence-corrected chi connectivity index (χ1v) is 4.84. The van der Waals surface area contributed by atoms with Gasteiger partial charge in [-0.2, -0.15) is 0 Å². The van der Waals surface area contributed by atoms with Crippen LogP contribution in [0.25, 0.3) is 0 Å². The van der Waals surface area contributed by atoms with E-state index >= 15 is 0 Å². The largest absolute Gasteiger partial charge is 0.494 e. The summed E-state index contributed by atoms with van der Waals surface area (Å²) in [5, 5.41) is 8.92. The number of rotatable bonds is 3. The van der Waals surface area contributed by atoms with Crippen LogP contribution in [0.2, 0.25) is 0 Å². The van der Waals surface area contributed by atoms with E-state index in [4.69, 9.17) is 14.6 Å². The van der Waals surface area contributed by atoms with Crippen molar-refractivity contribution in [3.05, 3.63) is 23.8 Å². The van der Waals surface area contributed by atoms with E-state index < -0.39 is 11.9 Å². The summed E-state index contributed by atoms with van der Waals surface area (Å²) in [6.07, 6.45) is 0. The second kappa shape index (κ2) is 3.81. The number of carboxylic acid groups (broad SMARTS) is 1. The minimum Gasteiger partial charge on any atom is -0.494 e. The molecular formula is C11H12O4. The molecular weight excluding hydrogens is 196 g/mol. The highest BCUT2D eigenvalue weighted by Gasteiger charge is 2.30. The predicted octanol–water partition coefficient (Wildman–Crippen LogP) is 1.65. The number of hydrogen-bond acceptors (Lipinski definition) is 3. The van der Waals surface area contributed by atoms with Crippen molar-refractivity contribution < 1.29 is 19.4 Å². The molecule has 0 bridgehead atoms. The Balaban J connectivity index is 2.29.